The SMILES string of the molecule is O=C(C(=Cc1ccncc1)c1ccncc1)c1ccncc1. The summed E-state index contributed by atoms with van der Waals surface area (Å²) in [5.74, 6) is -0.0505. The average molecular weight is 287 g/mol. The van der Waals surface area contributed by atoms with E-state index in [0.29, 0.717) is 11.1 Å². The van der Waals surface area contributed by atoms with Crippen molar-refractivity contribution < 1.29 is 4.79 Å². The third kappa shape index (κ3) is 3.12. The second kappa shape index (κ2) is 6.54. The van der Waals surface area contributed by atoms with Crippen LogP contribution >= 0.6 is 0 Å². The number of allylic oxidation sites excluding steroid dienone is 1. The molecule has 0 amide bonds. The molecule has 0 bridgehead atoms. The minimum Gasteiger partial charge on any atom is -0.289 e. The van der Waals surface area contributed by atoms with E-state index in [9.17, 15) is 4.79 Å². The highest BCUT2D eigenvalue weighted by molar-refractivity contribution is 6.32. The molecule has 0 atom stereocenters. The zero-order chi connectivity index (χ0) is 15.2. The molecule has 0 aromatic carbocycles. The molecule has 3 aromatic heterocycles. The third-order valence-corrected chi connectivity index (χ3v) is 3.20. The number of aromatic nitrogens is 3. The summed E-state index contributed by atoms with van der Waals surface area (Å²) < 4.78 is 0. The lowest BCUT2D eigenvalue weighted by Crippen LogP contribution is -2.03. The van der Waals surface area contributed by atoms with Crippen molar-refractivity contribution in [2.24, 2.45) is 0 Å². The molecule has 0 saturated heterocycles. The van der Waals surface area contributed by atoms with Crippen LogP contribution in [0.25, 0.3) is 11.6 Å². The van der Waals surface area contributed by atoms with Gasteiger partial charge in [0.25, 0.3) is 0 Å². The second-order valence-electron chi connectivity index (χ2n) is 4.64. The third-order valence-electron chi connectivity index (χ3n) is 3.20. The van der Waals surface area contributed by atoms with E-state index in [1.165, 1.54) is 0 Å². The maximum absolute atomic E-state index is 12.8. The molecular weight excluding hydrogens is 274 g/mol. The van der Waals surface area contributed by atoms with Gasteiger partial charge >= 0.3 is 0 Å². The van der Waals surface area contributed by atoms with Crippen LogP contribution < -0.4 is 0 Å². The first kappa shape index (κ1) is 13.8. The van der Waals surface area contributed by atoms with Crippen molar-refractivity contribution in [3.05, 3.63) is 90.3 Å². The predicted molar refractivity (Wildman–Crippen MR) is 84.9 cm³/mol. The van der Waals surface area contributed by atoms with Crippen molar-refractivity contribution in [1.82, 2.24) is 15.0 Å². The molecule has 3 rings (SSSR count). The van der Waals surface area contributed by atoms with Crippen LogP contribution in [0.5, 0.6) is 0 Å². The lowest BCUT2D eigenvalue weighted by molar-refractivity contribution is 0.105. The number of nitrogens with zero attached hydrogens (tertiary/aromatic N) is 3. The van der Waals surface area contributed by atoms with Gasteiger partial charge in [0.2, 0.25) is 0 Å². The Balaban J connectivity index is 2.08. The van der Waals surface area contributed by atoms with Gasteiger partial charge in [0.05, 0.1) is 0 Å². The summed E-state index contributed by atoms with van der Waals surface area (Å²) >= 11 is 0. The lowest BCUT2D eigenvalue weighted by atomic mass is 9.96. The van der Waals surface area contributed by atoms with Gasteiger partial charge in [-0.1, -0.05) is 0 Å². The van der Waals surface area contributed by atoms with Gasteiger partial charge in [0, 0.05) is 48.3 Å². The van der Waals surface area contributed by atoms with Gasteiger partial charge < -0.3 is 0 Å². The highest BCUT2D eigenvalue weighted by Gasteiger charge is 2.14. The standard InChI is InChI=1S/C18H13N3O/c22-18(16-5-11-21-12-6-16)17(15-3-9-20-10-4-15)13-14-1-7-19-8-2-14/h1-13H. The largest absolute Gasteiger partial charge is 0.289 e. The number of hydrogen-bond acceptors (Lipinski definition) is 4. The maximum atomic E-state index is 12.8. The molecule has 0 aliphatic rings. The fourth-order valence-corrected chi connectivity index (χ4v) is 2.10. The van der Waals surface area contributed by atoms with Crippen molar-refractivity contribution in [3.63, 3.8) is 0 Å². The lowest BCUT2D eigenvalue weighted by Gasteiger charge is -2.07. The zero-order valence-electron chi connectivity index (χ0n) is 11.8. The molecule has 0 fully saturated rings. The van der Waals surface area contributed by atoms with Gasteiger partial charge in [0.1, 0.15) is 0 Å². The Bertz CT molecular complexity index is 784. The van der Waals surface area contributed by atoms with Crippen molar-refractivity contribution >= 4 is 17.4 Å². The number of carbonyl (C=O) groups is 1. The fraction of sp³-hybridized carbons (Fsp3) is 0. The average Bonchev–Trinajstić information content (AvgIpc) is 2.61. The molecule has 106 valence electrons. The molecule has 0 aliphatic carbocycles. The van der Waals surface area contributed by atoms with Gasteiger partial charge in [-0.3, -0.25) is 19.7 Å². The molecule has 0 spiro atoms. The number of Topliss-reactive ketones (excluding diaryl/α,β-unsaturated/α-hetero) is 1. The van der Waals surface area contributed by atoms with E-state index < -0.39 is 0 Å². The van der Waals surface area contributed by atoms with Crippen molar-refractivity contribution in [3.8, 4) is 0 Å². The second-order valence-corrected chi connectivity index (χ2v) is 4.64. The highest BCUT2D eigenvalue weighted by Crippen LogP contribution is 2.22. The number of ketones is 1. The number of rotatable bonds is 4. The van der Waals surface area contributed by atoms with Crippen LogP contribution in [0.3, 0.4) is 0 Å². The number of hydrogen-bond donors (Lipinski definition) is 0. The van der Waals surface area contributed by atoms with Crippen LogP contribution in [0.4, 0.5) is 0 Å². The van der Waals surface area contributed by atoms with Gasteiger partial charge in [-0.05, 0) is 53.6 Å². The molecule has 4 nitrogen and oxygen atoms in total. The maximum Gasteiger partial charge on any atom is 0.193 e. The summed E-state index contributed by atoms with van der Waals surface area (Å²) in [6, 6.07) is 10.8. The predicted octanol–water partition coefficient (Wildman–Crippen LogP) is 3.30. The molecular formula is C18H13N3O. The van der Waals surface area contributed by atoms with Gasteiger partial charge in [-0.25, -0.2) is 0 Å². The Morgan fingerprint density at radius 2 is 1.14 bits per heavy atom. The summed E-state index contributed by atoms with van der Waals surface area (Å²) in [4.78, 5) is 24.8. The van der Waals surface area contributed by atoms with E-state index in [-0.39, 0.29) is 5.78 Å². The van der Waals surface area contributed by atoms with Crippen LogP contribution in [0, 0.1) is 0 Å². The Labute approximate surface area is 128 Å². The summed E-state index contributed by atoms with van der Waals surface area (Å²) in [6.07, 6.45) is 11.8. The quantitative estimate of drug-likeness (QED) is 0.546. The van der Waals surface area contributed by atoms with Crippen LogP contribution in [0.1, 0.15) is 21.5 Å². The van der Waals surface area contributed by atoms with Crippen LogP contribution in [0.2, 0.25) is 0 Å². The summed E-state index contributed by atoms with van der Waals surface area (Å²) in [6.45, 7) is 0. The van der Waals surface area contributed by atoms with E-state index in [0.717, 1.165) is 11.1 Å². The van der Waals surface area contributed by atoms with E-state index in [2.05, 4.69) is 15.0 Å². The molecule has 0 radical (unpaired) electrons. The van der Waals surface area contributed by atoms with Crippen molar-refractivity contribution in [2.45, 2.75) is 0 Å². The minimum atomic E-state index is -0.0505. The Hall–Kier alpha value is -3.14. The first-order valence-corrected chi connectivity index (χ1v) is 6.81. The monoisotopic (exact) mass is 287 g/mol. The number of pyridine rings is 3. The normalized spacial score (nSPS) is 11.2. The minimum absolute atomic E-state index is 0.0505. The Morgan fingerprint density at radius 1 is 0.682 bits per heavy atom. The van der Waals surface area contributed by atoms with Crippen LogP contribution in [-0.2, 0) is 0 Å². The molecule has 0 N–H and O–H groups in total. The first-order chi connectivity index (χ1) is 10.8. The van der Waals surface area contributed by atoms with E-state index in [1.807, 2.05) is 30.3 Å². The Morgan fingerprint density at radius 3 is 1.68 bits per heavy atom. The molecule has 0 aliphatic heterocycles. The smallest absolute Gasteiger partial charge is 0.193 e. The van der Waals surface area contributed by atoms with Crippen LogP contribution in [-0.4, -0.2) is 20.7 Å². The number of carbonyl (C=O) groups excluding carboxylic acids is 1. The van der Waals surface area contributed by atoms with Gasteiger partial charge in [-0.2, -0.15) is 0 Å². The topological polar surface area (TPSA) is 55.7 Å². The molecule has 4 heteroatoms. The summed E-state index contributed by atoms with van der Waals surface area (Å²) in [7, 11) is 0. The highest BCUT2D eigenvalue weighted by atomic mass is 16.1. The zero-order valence-corrected chi connectivity index (χ0v) is 11.8. The van der Waals surface area contributed by atoms with E-state index >= 15 is 0 Å². The fourth-order valence-electron chi connectivity index (χ4n) is 2.10. The van der Waals surface area contributed by atoms with Crippen LogP contribution in [0.15, 0.2) is 73.6 Å². The Kier molecular flexibility index (Phi) is 4.11. The van der Waals surface area contributed by atoms with E-state index in [4.69, 9.17) is 0 Å². The van der Waals surface area contributed by atoms with Gasteiger partial charge in [-0.15, -0.1) is 0 Å². The van der Waals surface area contributed by atoms with Gasteiger partial charge in [0.15, 0.2) is 5.78 Å². The van der Waals surface area contributed by atoms with Crippen molar-refractivity contribution in [2.75, 3.05) is 0 Å². The molecule has 22 heavy (non-hydrogen) atoms. The molecule has 3 aromatic rings. The summed E-state index contributed by atoms with van der Waals surface area (Å²) in [5.41, 5.74) is 2.96. The summed E-state index contributed by atoms with van der Waals surface area (Å²) in [5, 5.41) is 0. The molecule has 3 heterocycles. The van der Waals surface area contributed by atoms with E-state index in [1.54, 1.807) is 49.3 Å². The molecule has 0 saturated carbocycles. The first-order valence-electron chi connectivity index (χ1n) is 6.81. The molecule has 0 unspecified atom stereocenters. The van der Waals surface area contributed by atoms with Crippen molar-refractivity contribution in [1.29, 1.82) is 0 Å².